The number of carbonyl (C=O) groups is 2. The van der Waals surface area contributed by atoms with Crippen LogP contribution in [0.1, 0.15) is 30.5 Å². The summed E-state index contributed by atoms with van der Waals surface area (Å²) in [6.45, 7) is 8.41. The number of halogens is 2. The average Bonchev–Trinajstić information content (AvgIpc) is 3.17. The van der Waals surface area contributed by atoms with Gasteiger partial charge in [-0.05, 0) is 80.6 Å². The number of imide groups is 1. The van der Waals surface area contributed by atoms with Gasteiger partial charge in [0.15, 0.2) is 0 Å². The Kier molecular flexibility index (Phi) is 9.83. The number of hydrogen-bond acceptors (Lipinski definition) is 6. The summed E-state index contributed by atoms with van der Waals surface area (Å²) >= 11 is 13.3. The third-order valence-corrected chi connectivity index (χ3v) is 7.75. The number of aryl methyl sites for hydroxylation is 1. The van der Waals surface area contributed by atoms with E-state index in [0.29, 0.717) is 32.0 Å². The molecular weight excluding hydrogens is 555 g/mol. The third-order valence-electron chi connectivity index (χ3n) is 6.26. The zero-order valence-electron chi connectivity index (χ0n) is 22.1. The molecule has 1 aliphatic heterocycles. The molecule has 1 fully saturated rings. The van der Waals surface area contributed by atoms with Gasteiger partial charge < -0.3 is 14.4 Å². The highest BCUT2D eigenvalue weighted by molar-refractivity contribution is 8.18. The van der Waals surface area contributed by atoms with Gasteiger partial charge in [-0.2, -0.15) is 0 Å². The molecule has 0 saturated carbocycles. The number of anilines is 1. The molecular formula is C30H30Cl2N2O4S. The summed E-state index contributed by atoms with van der Waals surface area (Å²) in [6, 6.07) is 18.7. The van der Waals surface area contributed by atoms with Gasteiger partial charge in [-0.15, -0.1) is 0 Å². The van der Waals surface area contributed by atoms with E-state index < -0.39 is 0 Å². The number of hydrogen-bond donors (Lipinski definition) is 0. The van der Waals surface area contributed by atoms with Gasteiger partial charge in [-0.3, -0.25) is 14.5 Å². The van der Waals surface area contributed by atoms with Crippen molar-refractivity contribution in [1.82, 2.24) is 4.90 Å². The summed E-state index contributed by atoms with van der Waals surface area (Å²) in [5.41, 5.74) is 3.55. The van der Waals surface area contributed by atoms with Gasteiger partial charge in [0.25, 0.3) is 11.1 Å². The van der Waals surface area contributed by atoms with Gasteiger partial charge in [0.05, 0.1) is 11.4 Å². The van der Waals surface area contributed by atoms with Crippen molar-refractivity contribution in [3.05, 3.63) is 92.3 Å². The summed E-state index contributed by atoms with van der Waals surface area (Å²) < 4.78 is 12.0. The van der Waals surface area contributed by atoms with Crippen molar-refractivity contribution in [1.29, 1.82) is 0 Å². The molecule has 3 aromatic rings. The van der Waals surface area contributed by atoms with Gasteiger partial charge in [0.1, 0.15) is 24.7 Å². The first kappa shape index (κ1) is 28.9. The molecule has 39 heavy (non-hydrogen) atoms. The van der Waals surface area contributed by atoms with E-state index in [1.807, 2.05) is 55.5 Å². The molecule has 204 valence electrons. The summed E-state index contributed by atoms with van der Waals surface area (Å²) in [5, 5.41) is 0.736. The molecule has 6 nitrogen and oxygen atoms in total. The van der Waals surface area contributed by atoms with Gasteiger partial charge in [-0.25, -0.2) is 0 Å². The van der Waals surface area contributed by atoms with Crippen LogP contribution in [0.5, 0.6) is 11.5 Å². The van der Waals surface area contributed by atoms with Crippen LogP contribution in [-0.4, -0.2) is 42.3 Å². The van der Waals surface area contributed by atoms with E-state index in [1.165, 1.54) is 4.90 Å². The average molecular weight is 586 g/mol. The van der Waals surface area contributed by atoms with E-state index >= 15 is 0 Å². The standard InChI is InChI=1S/C30H30Cl2N2O4S/c1-4-33(5-2)24-12-10-21(27(18-24)38-19-22-9-11-23(31)17-26(22)32)16-28-29(35)34(30(36)39-28)13-14-37-25-8-6-7-20(3)15-25/h6-12,15-18H,4-5,13-14,19H2,1-3H3/b28-16-. The topological polar surface area (TPSA) is 59.1 Å². The lowest BCUT2D eigenvalue weighted by Gasteiger charge is -2.22. The molecule has 3 aromatic carbocycles. The van der Waals surface area contributed by atoms with Gasteiger partial charge in [0.2, 0.25) is 0 Å². The molecule has 0 N–H and O–H groups in total. The Balaban J connectivity index is 1.53. The molecule has 0 spiro atoms. The van der Waals surface area contributed by atoms with Crippen LogP contribution in [0.2, 0.25) is 10.0 Å². The maximum atomic E-state index is 13.1. The van der Waals surface area contributed by atoms with E-state index in [1.54, 1.807) is 18.2 Å². The highest BCUT2D eigenvalue weighted by Crippen LogP contribution is 2.36. The predicted molar refractivity (Wildman–Crippen MR) is 160 cm³/mol. The zero-order chi connectivity index (χ0) is 27.9. The van der Waals surface area contributed by atoms with Crippen molar-refractivity contribution in [2.45, 2.75) is 27.4 Å². The lowest BCUT2D eigenvalue weighted by Crippen LogP contribution is -2.32. The summed E-state index contributed by atoms with van der Waals surface area (Å²) in [4.78, 5) is 29.6. The maximum Gasteiger partial charge on any atom is 0.293 e. The Morgan fingerprint density at radius 1 is 0.974 bits per heavy atom. The summed E-state index contributed by atoms with van der Waals surface area (Å²) in [7, 11) is 0. The van der Waals surface area contributed by atoms with Crippen LogP contribution in [-0.2, 0) is 11.4 Å². The van der Waals surface area contributed by atoms with Crippen LogP contribution in [0.15, 0.2) is 65.6 Å². The van der Waals surface area contributed by atoms with E-state index in [0.717, 1.165) is 41.7 Å². The number of carbonyl (C=O) groups excluding carboxylic acids is 2. The Morgan fingerprint density at radius 3 is 2.49 bits per heavy atom. The molecule has 4 rings (SSSR count). The van der Waals surface area contributed by atoms with Crippen molar-refractivity contribution in [3.63, 3.8) is 0 Å². The zero-order valence-corrected chi connectivity index (χ0v) is 24.4. The minimum absolute atomic E-state index is 0.162. The SMILES string of the molecule is CCN(CC)c1ccc(/C=C2\SC(=O)N(CCOc3cccc(C)c3)C2=O)c(OCc2ccc(Cl)cc2Cl)c1. The quantitative estimate of drug-likeness (QED) is 0.214. The number of thioether (sulfide) groups is 1. The molecule has 0 bridgehead atoms. The Morgan fingerprint density at radius 2 is 1.77 bits per heavy atom. The molecule has 0 aromatic heterocycles. The Bertz CT molecular complexity index is 1390. The van der Waals surface area contributed by atoms with Crippen LogP contribution in [0.25, 0.3) is 6.08 Å². The molecule has 1 aliphatic rings. The molecule has 0 aliphatic carbocycles. The molecule has 0 atom stereocenters. The van der Waals surface area contributed by atoms with Crippen LogP contribution < -0.4 is 14.4 Å². The fourth-order valence-corrected chi connectivity index (χ4v) is 5.46. The molecule has 1 saturated heterocycles. The highest BCUT2D eigenvalue weighted by atomic mass is 35.5. The lowest BCUT2D eigenvalue weighted by atomic mass is 10.1. The molecule has 0 unspecified atom stereocenters. The van der Waals surface area contributed by atoms with Gasteiger partial charge in [0, 0.05) is 46.0 Å². The number of nitrogens with zero attached hydrogens (tertiary/aromatic N) is 2. The second-order valence-corrected chi connectivity index (χ2v) is 10.8. The van der Waals surface area contributed by atoms with Crippen LogP contribution in [0, 0.1) is 6.92 Å². The van der Waals surface area contributed by atoms with Crippen molar-refractivity contribution < 1.29 is 19.1 Å². The highest BCUT2D eigenvalue weighted by Gasteiger charge is 2.35. The van der Waals surface area contributed by atoms with Crippen molar-refractivity contribution in [2.75, 3.05) is 31.1 Å². The van der Waals surface area contributed by atoms with Crippen molar-refractivity contribution >= 4 is 57.9 Å². The Hall–Kier alpha value is -3.13. The molecule has 1 heterocycles. The largest absolute Gasteiger partial charge is 0.492 e. The van der Waals surface area contributed by atoms with Gasteiger partial charge >= 0.3 is 0 Å². The number of benzene rings is 3. The van der Waals surface area contributed by atoms with Crippen molar-refractivity contribution in [2.24, 2.45) is 0 Å². The second kappa shape index (κ2) is 13.3. The molecule has 2 amide bonds. The van der Waals surface area contributed by atoms with Crippen LogP contribution >= 0.6 is 35.0 Å². The van der Waals surface area contributed by atoms with E-state index in [9.17, 15) is 9.59 Å². The first-order valence-electron chi connectivity index (χ1n) is 12.7. The first-order chi connectivity index (χ1) is 18.8. The first-order valence-corrected chi connectivity index (χ1v) is 14.3. The van der Waals surface area contributed by atoms with Crippen LogP contribution in [0.4, 0.5) is 10.5 Å². The summed E-state index contributed by atoms with van der Waals surface area (Å²) in [5.74, 6) is 0.936. The monoisotopic (exact) mass is 584 g/mol. The lowest BCUT2D eigenvalue weighted by molar-refractivity contribution is -0.123. The fourth-order valence-electron chi connectivity index (χ4n) is 4.14. The van der Waals surface area contributed by atoms with E-state index in [2.05, 4.69) is 18.7 Å². The minimum atomic E-state index is -0.350. The van der Waals surface area contributed by atoms with E-state index in [-0.39, 0.29) is 30.9 Å². The fraction of sp³-hybridized carbons (Fsp3) is 0.267. The third kappa shape index (κ3) is 7.29. The maximum absolute atomic E-state index is 13.1. The van der Waals surface area contributed by atoms with Gasteiger partial charge in [-0.1, -0.05) is 41.4 Å². The Labute approximate surface area is 243 Å². The molecule has 9 heteroatoms. The normalized spacial score (nSPS) is 14.3. The van der Waals surface area contributed by atoms with E-state index in [4.69, 9.17) is 32.7 Å². The number of rotatable bonds is 11. The number of ether oxygens (including phenoxy) is 2. The predicted octanol–water partition coefficient (Wildman–Crippen LogP) is 7.84. The summed E-state index contributed by atoms with van der Waals surface area (Å²) in [6.07, 6.45) is 1.71. The molecule has 0 radical (unpaired) electrons. The minimum Gasteiger partial charge on any atom is -0.492 e. The number of amides is 2. The van der Waals surface area contributed by atoms with Crippen LogP contribution in [0.3, 0.4) is 0 Å². The smallest absolute Gasteiger partial charge is 0.293 e. The second-order valence-electron chi connectivity index (χ2n) is 8.92. The van der Waals surface area contributed by atoms with Crippen molar-refractivity contribution in [3.8, 4) is 11.5 Å².